The number of methoxy groups -OCH3 is 1. The van der Waals surface area contributed by atoms with E-state index in [2.05, 4.69) is 9.97 Å². The molecule has 0 aromatic carbocycles. The molecule has 1 heterocycles. The Balaban J connectivity index is 2.03. The van der Waals surface area contributed by atoms with Crippen molar-refractivity contribution in [3.8, 4) is 0 Å². The lowest BCUT2D eigenvalue weighted by Crippen LogP contribution is -2.35. The van der Waals surface area contributed by atoms with Gasteiger partial charge >= 0.3 is 5.97 Å². The number of esters is 1. The van der Waals surface area contributed by atoms with Crippen LogP contribution in [0.2, 0.25) is 0 Å². The lowest BCUT2D eigenvalue weighted by atomic mass is 10.2. The number of nitrogens with zero attached hydrogens (tertiary/aromatic N) is 1. The fourth-order valence-corrected chi connectivity index (χ4v) is 1.43. The highest BCUT2D eigenvalue weighted by molar-refractivity contribution is 5.75. The third-order valence-corrected chi connectivity index (χ3v) is 2.41. The zero-order valence-electron chi connectivity index (χ0n) is 11.1. The van der Waals surface area contributed by atoms with Gasteiger partial charge in [0.1, 0.15) is 12.6 Å². The first-order chi connectivity index (χ1) is 9.24. The van der Waals surface area contributed by atoms with Crippen molar-refractivity contribution >= 4 is 5.97 Å². The van der Waals surface area contributed by atoms with E-state index >= 15 is 0 Å². The van der Waals surface area contributed by atoms with Crippen molar-refractivity contribution in [1.29, 1.82) is 0 Å². The van der Waals surface area contributed by atoms with Crippen molar-refractivity contribution in [3.05, 3.63) is 18.2 Å². The molecule has 0 radical (unpaired) electrons. The van der Waals surface area contributed by atoms with Crippen LogP contribution >= 0.6 is 0 Å². The number of H-pyrrole nitrogens is 1. The number of ether oxygens (including phenoxy) is 3. The number of aromatic amines is 1. The van der Waals surface area contributed by atoms with Gasteiger partial charge in [-0.05, 0) is 6.42 Å². The van der Waals surface area contributed by atoms with Gasteiger partial charge in [-0.1, -0.05) is 0 Å². The molecule has 1 rings (SSSR count). The van der Waals surface area contributed by atoms with E-state index in [0.717, 1.165) is 12.1 Å². The number of hydrogen-bond donors (Lipinski definition) is 2. The fourth-order valence-electron chi connectivity index (χ4n) is 1.43. The number of carbonyl (C=O) groups is 1. The predicted molar refractivity (Wildman–Crippen MR) is 68.5 cm³/mol. The van der Waals surface area contributed by atoms with Gasteiger partial charge in [-0.15, -0.1) is 0 Å². The Kier molecular flexibility index (Phi) is 7.80. The Morgan fingerprint density at radius 2 is 2.26 bits per heavy atom. The first-order valence-corrected chi connectivity index (χ1v) is 6.20. The Morgan fingerprint density at radius 3 is 2.95 bits per heavy atom. The molecule has 1 aromatic heterocycles. The minimum absolute atomic E-state index is 0.211. The maximum atomic E-state index is 11.5. The van der Waals surface area contributed by atoms with Gasteiger partial charge in [0.25, 0.3) is 0 Å². The Labute approximate surface area is 112 Å². The first-order valence-electron chi connectivity index (χ1n) is 6.20. The summed E-state index contributed by atoms with van der Waals surface area (Å²) in [5.74, 6) is -0.435. The van der Waals surface area contributed by atoms with Gasteiger partial charge in [-0.3, -0.25) is 4.79 Å². The summed E-state index contributed by atoms with van der Waals surface area (Å²) in [7, 11) is 1.64. The molecule has 1 aromatic rings. The summed E-state index contributed by atoms with van der Waals surface area (Å²) in [6.45, 7) is 1.83. The molecule has 0 bridgehead atoms. The van der Waals surface area contributed by atoms with Crippen molar-refractivity contribution in [1.82, 2.24) is 9.97 Å². The Hall–Kier alpha value is -1.44. The van der Waals surface area contributed by atoms with E-state index in [4.69, 9.17) is 19.9 Å². The molecule has 0 unspecified atom stereocenters. The third kappa shape index (κ3) is 6.90. The summed E-state index contributed by atoms with van der Waals surface area (Å²) in [6.07, 6.45) is 4.38. The van der Waals surface area contributed by atoms with E-state index < -0.39 is 12.0 Å². The van der Waals surface area contributed by atoms with Gasteiger partial charge < -0.3 is 24.9 Å². The van der Waals surface area contributed by atoms with E-state index in [1.165, 1.54) is 0 Å². The van der Waals surface area contributed by atoms with Gasteiger partial charge in [0.2, 0.25) is 0 Å². The van der Waals surface area contributed by atoms with Crippen LogP contribution in [0.3, 0.4) is 0 Å². The molecule has 0 spiro atoms. The lowest BCUT2D eigenvalue weighted by molar-refractivity contribution is -0.146. The van der Waals surface area contributed by atoms with Crippen LogP contribution in [0.15, 0.2) is 12.5 Å². The average molecular weight is 271 g/mol. The molecule has 0 aliphatic heterocycles. The molecule has 3 N–H and O–H groups in total. The molecule has 1 atom stereocenters. The van der Waals surface area contributed by atoms with Crippen LogP contribution in [0.25, 0.3) is 0 Å². The number of imidazole rings is 1. The highest BCUT2D eigenvalue weighted by Gasteiger charge is 2.16. The second-order valence-electron chi connectivity index (χ2n) is 4.01. The summed E-state index contributed by atoms with van der Waals surface area (Å²) in [5.41, 5.74) is 6.52. The number of carbonyl (C=O) groups excluding carboxylic acids is 1. The minimum Gasteiger partial charge on any atom is -0.462 e. The van der Waals surface area contributed by atoms with Crippen LogP contribution < -0.4 is 5.73 Å². The van der Waals surface area contributed by atoms with Crippen LogP contribution in [0.1, 0.15) is 12.1 Å². The van der Waals surface area contributed by atoms with Crippen LogP contribution in [0.4, 0.5) is 0 Å². The van der Waals surface area contributed by atoms with Crippen molar-refractivity contribution in [2.75, 3.05) is 33.5 Å². The standard InChI is InChI=1S/C12H21N3O4/c1-17-3-2-4-18-5-6-19-12(16)11(13)7-10-8-14-9-15-10/h8-9,11H,2-7,13H2,1H3,(H,14,15)/t11-/m0/s1. The minimum atomic E-state index is -0.686. The zero-order valence-corrected chi connectivity index (χ0v) is 11.1. The Morgan fingerprint density at radius 1 is 1.42 bits per heavy atom. The molecule has 19 heavy (non-hydrogen) atoms. The van der Waals surface area contributed by atoms with E-state index in [1.807, 2.05) is 0 Å². The molecule has 7 nitrogen and oxygen atoms in total. The van der Waals surface area contributed by atoms with Crippen molar-refractivity contribution in [2.24, 2.45) is 5.73 Å². The van der Waals surface area contributed by atoms with E-state index in [9.17, 15) is 4.79 Å². The topological polar surface area (TPSA) is 99.5 Å². The summed E-state index contributed by atoms with van der Waals surface area (Å²) in [5, 5.41) is 0. The third-order valence-electron chi connectivity index (χ3n) is 2.41. The van der Waals surface area contributed by atoms with Gasteiger partial charge in [0.05, 0.1) is 12.9 Å². The number of nitrogens with two attached hydrogens (primary N) is 1. The largest absolute Gasteiger partial charge is 0.462 e. The Bertz CT molecular complexity index is 343. The number of rotatable bonds is 10. The van der Waals surface area contributed by atoms with Crippen LogP contribution in [0, 0.1) is 0 Å². The SMILES string of the molecule is COCCCOCCOC(=O)[C@@H](N)Cc1cnc[nH]1. The number of hydrogen-bond acceptors (Lipinski definition) is 6. The molecular formula is C12H21N3O4. The lowest BCUT2D eigenvalue weighted by Gasteiger charge is -2.10. The monoisotopic (exact) mass is 271 g/mol. The number of nitrogens with one attached hydrogen (secondary N) is 1. The van der Waals surface area contributed by atoms with Gasteiger partial charge in [0, 0.05) is 38.6 Å². The average Bonchev–Trinajstić information content (AvgIpc) is 2.90. The second-order valence-corrected chi connectivity index (χ2v) is 4.01. The van der Waals surface area contributed by atoms with Crippen molar-refractivity contribution in [2.45, 2.75) is 18.9 Å². The molecule has 0 saturated carbocycles. The maximum absolute atomic E-state index is 11.5. The molecule has 0 amide bonds. The molecule has 7 heteroatoms. The van der Waals surface area contributed by atoms with Gasteiger partial charge in [-0.2, -0.15) is 0 Å². The molecule has 0 aliphatic rings. The first kappa shape index (κ1) is 15.6. The quantitative estimate of drug-likeness (QED) is 0.454. The van der Waals surface area contributed by atoms with Crippen LogP contribution in [0.5, 0.6) is 0 Å². The van der Waals surface area contributed by atoms with Crippen LogP contribution in [-0.4, -0.2) is 55.5 Å². The molecule has 108 valence electrons. The normalized spacial score (nSPS) is 12.3. The zero-order chi connectivity index (χ0) is 13.9. The second kappa shape index (κ2) is 9.48. The molecular weight excluding hydrogens is 250 g/mol. The van der Waals surface area contributed by atoms with Crippen molar-refractivity contribution < 1.29 is 19.0 Å². The smallest absolute Gasteiger partial charge is 0.323 e. The molecule has 0 fully saturated rings. The molecule has 0 aliphatic carbocycles. The fraction of sp³-hybridized carbons (Fsp3) is 0.667. The molecule has 0 saturated heterocycles. The number of aromatic nitrogens is 2. The van der Waals surface area contributed by atoms with E-state index in [1.54, 1.807) is 19.6 Å². The summed E-state index contributed by atoms with van der Waals surface area (Å²) < 4.78 is 15.1. The maximum Gasteiger partial charge on any atom is 0.323 e. The summed E-state index contributed by atoms with van der Waals surface area (Å²) in [6, 6.07) is -0.686. The van der Waals surface area contributed by atoms with Crippen LogP contribution in [-0.2, 0) is 25.4 Å². The summed E-state index contributed by atoms with van der Waals surface area (Å²) in [4.78, 5) is 18.3. The van der Waals surface area contributed by atoms with Gasteiger partial charge in [0.15, 0.2) is 0 Å². The predicted octanol–water partition coefficient (Wildman–Crippen LogP) is -0.124. The van der Waals surface area contributed by atoms with Crippen molar-refractivity contribution in [3.63, 3.8) is 0 Å². The van der Waals surface area contributed by atoms with E-state index in [0.29, 0.717) is 26.2 Å². The highest BCUT2D eigenvalue weighted by Crippen LogP contribution is 1.98. The highest BCUT2D eigenvalue weighted by atomic mass is 16.6. The summed E-state index contributed by atoms with van der Waals surface area (Å²) >= 11 is 0. The van der Waals surface area contributed by atoms with Gasteiger partial charge in [-0.25, -0.2) is 4.98 Å². The van der Waals surface area contributed by atoms with E-state index in [-0.39, 0.29) is 6.61 Å².